The van der Waals surface area contributed by atoms with Crippen LogP contribution in [0.2, 0.25) is 18.1 Å². The second-order valence-electron chi connectivity index (χ2n) is 6.90. The van der Waals surface area contributed by atoms with Crippen LogP contribution in [0.5, 0.6) is 0 Å². The number of hydrogen-bond donors (Lipinski definition) is 0. The molecule has 0 spiro atoms. The highest BCUT2D eigenvalue weighted by Gasteiger charge is 2.43. The Kier molecular flexibility index (Phi) is 5.07. The summed E-state index contributed by atoms with van der Waals surface area (Å²) in [6, 6.07) is 1.88. The number of imidazole rings is 1. The monoisotopic (exact) mass is 340 g/mol. The first-order valence-electron chi connectivity index (χ1n) is 6.94. The van der Waals surface area contributed by atoms with Gasteiger partial charge in [-0.3, -0.25) is 0 Å². The van der Waals surface area contributed by atoms with Gasteiger partial charge in [-0.25, -0.2) is 8.96 Å². The molecule has 122 valence electrons. The molecule has 0 aromatic carbocycles. The number of rotatable bonds is 4. The minimum Gasteiger partial charge on any atom is -0.245 e. The third kappa shape index (κ3) is 3.16. The Labute approximate surface area is 134 Å². The zero-order valence-corrected chi connectivity index (χ0v) is 16.1. The van der Waals surface area contributed by atoms with Gasteiger partial charge in [-0.1, -0.05) is 33.9 Å². The Morgan fingerprint density at radius 3 is 2.32 bits per heavy atom. The number of aromatic nitrogens is 2. The average Bonchev–Trinajstić information content (AvgIpc) is 2.79. The van der Waals surface area contributed by atoms with Gasteiger partial charge in [0.15, 0.2) is 0 Å². The molecule has 22 heavy (non-hydrogen) atoms. The molecular formula is C14H24N4O2SSi. The predicted molar refractivity (Wildman–Crippen MR) is 91.7 cm³/mol. The van der Waals surface area contributed by atoms with Crippen molar-refractivity contribution in [3.05, 3.63) is 18.0 Å². The van der Waals surface area contributed by atoms with Crippen molar-refractivity contribution in [2.24, 2.45) is 0 Å². The molecule has 0 saturated carbocycles. The molecule has 1 heterocycles. The maximum absolute atomic E-state index is 12.7. The largest absolute Gasteiger partial charge is 0.308 e. The predicted octanol–water partition coefficient (Wildman–Crippen LogP) is 1.79. The zero-order chi connectivity index (χ0) is 17.3. The van der Waals surface area contributed by atoms with Gasteiger partial charge in [0.25, 0.3) is 0 Å². The van der Waals surface area contributed by atoms with E-state index >= 15 is 0 Å². The molecule has 1 aromatic heterocycles. The summed E-state index contributed by atoms with van der Waals surface area (Å²) >= 11 is 0. The maximum Gasteiger partial charge on any atom is 0.308 e. The first-order valence-corrected chi connectivity index (χ1v) is 11.3. The summed E-state index contributed by atoms with van der Waals surface area (Å²) in [5.41, 5.74) is 0.987. The van der Waals surface area contributed by atoms with E-state index in [-0.39, 0.29) is 5.04 Å². The van der Waals surface area contributed by atoms with E-state index in [1.165, 1.54) is 36.4 Å². The van der Waals surface area contributed by atoms with Crippen LogP contribution in [0.3, 0.4) is 0 Å². The van der Waals surface area contributed by atoms with E-state index in [1.807, 2.05) is 6.07 Å². The van der Waals surface area contributed by atoms with Crippen molar-refractivity contribution in [1.29, 1.82) is 5.26 Å². The van der Waals surface area contributed by atoms with Crippen LogP contribution in [0.25, 0.3) is 6.08 Å². The molecule has 0 amide bonds. The highest BCUT2D eigenvalue weighted by Crippen LogP contribution is 2.35. The SMILES string of the molecule is CN(C)S(=O)(=O)n1c(C=CC#N)cnc1[Si](C)(C)C(C)(C)C. The Bertz CT molecular complexity index is 719. The molecule has 1 rings (SSSR count). The summed E-state index contributed by atoms with van der Waals surface area (Å²) in [5.74, 6) is 0. The van der Waals surface area contributed by atoms with Crippen molar-refractivity contribution in [3.63, 3.8) is 0 Å². The lowest BCUT2D eigenvalue weighted by Crippen LogP contribution is -2.56. The van der Waals surface area contributed by atoms with Crippen LogP contribution >= 0.6 is 0 Å². The Hall–Kier alpha value is -1.43. The fourth-order valence-electron chi connectivity index (χ4n) is 1.74. The molecule has 8 heteroatoms. The second kappa shape index (κ2) is 5.99. The fraction of sp³-hybridized carbons (Fsp3) is 0.571. The lowest BCUT2D eigenvalue weighted by molar-refractivity contribution is 0.511. The first-order chi connectivity index (χ1) is 9.87. The van der Waals surface area contributed by atoms with Crippen molar-refractivity contribution >= 4 is 29.8 Å². The van der Waals surface area contributed by atoms with Gasteiger partial charge in [0.05, 0.1) is 18.0 Å². The van der Waals surface area contributed by atoms with Crippen molar-refractivity contribution in [3.8, 4) is 6.07 Å². The summed E-state index contributed by atoms with van der Waals surface area (Å²) in [5, 5.41) is 8.65. The summed E-state index contributed by atoms with van der Waals surface area (Å²) in [4.78, 5) is 4.41. The third-order valence-electron chi connectivity index (χ3n) is 4.20. The summed E-state index contributed by atoms with van der Waals surface area (Å²) in [6.45, 7) is 10.5. The molecule has 0 fully saturated rings. The lowest BCUT2D eigenvalue weighted by Gasteiger charge is -2.36. The third-order valence-corrected chi connectivity index (χ3v) is 11.4. The van der Waals surface area contributed by atoms with Gasteiger partial charge in [-0.05, 0) is 11.1 Å². The molecule has 0 aliphatic carbocycles. The van der Waals surface area contributed by atoms with Crippen molar-refractivity contribution in [2.75, 3.05) is 14.1 Å². The molecular weight excluding hydrogens is 316 g/mol. The van der Waals surface area contributed by atoms with Gasteiger partial charge in [-0.2, -0.15) is 18.0 Å². The second-order valence-corrected chi connectivity index (χ2v) is 14.1. The van der Waals surface area contributed by atoms with Crippen LogP contribution < -0.4 is 5.45 Å². The van der Waals surface area contributed by atoms with Crippen LogP contribution in [0, 0.1) is 11.3 Å². The smallest absolute Gasteiger partial charge is 0.245 e. The zero-order valence-electron chi connectivity index (χ0n) is 14.2. The van der Waals surface area contributed by atoms with E-state index in [0.29, 0.717) is 11.1 Å². The summed E-state index contributed by atoms with van der Waals surface area (Å²) < 4.78 is 27.9. The van der Waals surface area contributed by atoms with Crippen LogP contribution in [0.4, 0.5) is 0 Å². The molecule has 1 aromatic rings. The minimum atomic E-state index is -3.71. The topological polar surface area (TPSA) is 79.0 Å². The Balaban J connectivity index is 3.75. The molecule has 6 nitrogen and oxygen atoms in total. The van der Waals surface area contributed by atoms with Crippen LogP contribution in [0.1, 0.15) is 26.5 Å². The molecule has 0 bridgehead atoms. The minimum absolute atomic E-state index is 0.0614. The van der Waals surface area contributed by atoms with Gasteiger partial charge in [0, 0.05) is 20.2 Å². The maximum atomic E-state index is 12.7. The molecule has 0 aliphatic heterocycles. The molecule has 0 saturated heterocycles. The van der Waals surface area contributed by atoms with Gasteiger partial charge >= 0.3 is 10.2 Å². The molecule has 0 atom stereocenters. The van der Waals surface area contributed by atoms with E-state index in [2.05, 4.69) is 38.8 Å². The summed E-state index contributed by atoms with van der Waals surface area (Å²) in [6.07, 6.45) is 4.25. The van der Waals surface area contributed by atoms with E-state index in [4.69, 9.17) is 5.26 Å². The van der Waals surface area contributed by atoms with Gasteiger partial charge in [0.2, 0.25) is 0 Å². The standard InChI is InChI=1S/C14H24N4O2SSi/c1-14(2,3)22(6,7)13-16-11-12(9-8-10-15)18(13)21(19,20)17(4)5/h8-9,11H,1-7H3. The molecule has 0 aliphatic rings. The van der Waals surface area contributed by atoms with Crippen molar-refractivity contribution in [2.45, 2.75) is 38.9 Å². The summed E-state index contributed by atoms with van der Waals surface area (Å²) in [7, 11) is -2.90. The Morgan fingerprint density at radius 1 is 1.36 bits per heavy atom. The van der Waals surface area contributed by atoms with Gasteiger partial charge in [0.1, 0.15) is 13.5 Å². The highest BCUT2D eigenvalue weighted by molar-refractivity contribution is 7.87. The first kappa shape index (κ1) is 18.6. The molecule has 0 radical (unpaired) electrons. The van der Waals surface area contributed by atoms with E-state index < -0.39 is 18.3 Å². The number of hydrogen-bond acceptors (Lipinski definition) is 4. The quantitative estimate of drug-likeness (QED) is 0.618. The normalized spacial score (nSPS) is 13.8. The highest BCUT2D eigenvalue weighted by atomic mass is 32.2. The van der Waals surface area contributed by atoms with Gasteiger partial charge in [-0.15, -0.1) is 0 Å². The van der Waals surface area contributed by atoms with Crippen LogP contribution in [-0.4, -0.2) is 43.8 Å². The van der Waals surface area contributed by atoms with E-state index in [0.717, 1.165) is 4.31 Å². The van der Waals surface area contributed by atoms with Gasteiger partial charge < -0.3 is 0 Å². The average molecular weight is 341 g/mol. The van der Waals surface area contributed by atoms with E-state index in [1.54, 1.807) is 0 Å². The molecule has 0 unspecified atom stereocenters. The number of nitrogens with zero attached hydrogens (tertiary/aromatic N) is 4. The fourth-order valence-corrected chi connectivity index (χ4v) is 5.44. The van der Waals surface area contributed by atoms with Crippen molar-refractivity contribution in [1.82, 2.24) is 13.3 Å². The Morgan fingerprint density at radius 2 is 1.91 bits per heavy atom. The number of allylic oxidation sites excluding steroid dienone is 1. The van der Waals surface area contributed by atoms with E-state index in [9.17, 15) is 8.42 Å². The van der Waals surface area contributed by atoms with Crippen LogP contribution in [0.15, 0.2) is 12.3 Å². The van der Waals surface area contributed by atoms with Crippen molar-refractivity contribution < 1.29 is 8.42 Å². The van der Waals surface area contributed by atoms with Crippen LogP contribution in [-0.2, 0) is 10.2 Å². The molecule has 0 N–H and O–H groups in total. The lowest BCUT2D eigenvalue weighted by atomic mass is 10.2. The number of nitriles is 1.